The molecule has 78 valence electrons. The number of thiophene rings is 1. The maximum Gasteiger partial charge on any atom is 0.346 e. The number of hydrogen-bond acceptors (Lipinski definition) is 4. The smallest absolute Gasteiger partial charge is 0.258 e. The molecule has 16 heavy (non-hydrogen) atoms. The second-order valence-corrected chi connectivity index (χ2v) is 4.00. The quantitative estimate of drug-likeness (QED) is 0.452. The van der Waals surface area contributed by atoms with Crippen LogP contribution < -0.4 is 0 Å². The minimum absolute atomic E-state index is 0.441. The van der Waals surface area contributed by atoms with Gasteiger partial charge in [0.25, 0.3) is 0 Å². The molecule has 0 spiro atoms. The number of benzene rings is 1. The van der Waals surface area contributed by atoms with Gasteiger partial charge in [0, 0.05) is 16.3 Å². The van der Waals surface area contributed by atoms with E-state index in [0.29, 0.717) is 5.56 Å². The van der Waals surface area contributed by atoms with Crippen molar-refractivity contribution < 1.29 is 4.92 Å². The molecule has 0 N–H and O–H groups in total. The highest BCUT2D eigenvalue weighted by Gasteiger charge is 2.10. The summed E-state index contributed by atoms with van der Waals surface area (Å²) in [4.78, 5) is 9.84. The highest BCUT2D eigenvalue weighted by Crippen LogP contribution is 2.27. The third-order valence-electron chi connectivity index (χ3n) is 2.11. The molecule has 0 fully saturated rings. The first kappa shape index (κ1) is 10.3. The number of hydrogen-bond donors (Lipinski definition) is 0. The molecule has 0 aliphatic carbocycles. The number of allylic oxidation sites excluding steroid dienone is 1. The van der Waals surface area contributed by atoms with Crippen molar-refractivity contribution in [1.29, 1.82) is 5.26 Å². The van der Waals surface area contributed by atoms with Crippen molar-refractivity contribution in [1.82, 2.24) is 0 Å². The van der Waals surface area contributed by atoms with Gasteiger partial charge in [-0.05, 0) is 16.8 Å². The Labute approximate surface area is 95.2 Å². The molecule has 0 saturated heterocycles. The summed E-state index contributed by atoms with van der Waals surface area (Å²) in [6.07, 6.45) is 1.30. The van der Waals surface area contributed by atoms with Gasteiger partial charge in [0.2, 0.25) is 0 Å². The molecule has 0 bridgehead atoms. The average molecular weight is 230 g/mol. The average Bonchev–Trinajstić information content (AvgIpc) is 2.69. The fraction of sp³-hybridized carbons (Fsp3) is 0. The van der Waals surface area contributed by atoms with E-state index >= 15 is 0 Å². The predicted octanol–water partition coefficient (Wildman–Crippen LogP) is 3.04. The first-order chi connectivity index (χ1) is 7.72. The van der Waals surface area contributed by atoms with Gasteiger partial charge in [0.1, 0.15) is 0 Å². The van der Waals surface area contributed by atoms with Crippen LogP contribution in [0.15, 0.2) is 35.3 Å². The van der Waals surface area contributed by atoms with E-state index in [1.54, 1.807) is 6.07 Å². The van der Waals surface area contributed by atoms with Crippen molar-refractivity contribution in [3.63, 3.8) is 0 Å². The molecule has 2 rings (SSSR count). The number of nitriles is 1. The Balaban J connectivity index is 2.57. The van der Waals surface area contributed by atoms with Crippen LogP contribution in [0, 0.1) is 21.4 Å². The Hall–Kier alpha value is -2.19. The molecule has 0 atom stereocenters. The van der Waals surface area contributed by atoms with Crippen LogP contribution in [0.2, 0.25) is 0 Å². The summed E-state index contributed by atoms with van der Waals surface area (Å²) >= 11 is 1.50. The zero-order valence-corrected chi connectivity index (χ0v) is 8.90. The van der Waals surface area contributed by atoms with Crippen molar-refractivity contribution in [2.75, 3.05) is 0 Å². The molecule has 0 amide bonds. The fourth-order valence-corrected chi connectivity index (χ4v) is 2.30. The van der Waals surface area contributed by atoms with Crippen LogP contribution in [-0.2, 0) is 0 Å². The SMILES string of the molecule is N#C/C(=C\c1csc2ccccc12)[N+](=O)[O-]. The van der Waals surface area contributed by atoms with Crippen LogP contribution in [0.5, 0.6) is 0 Å². The van der Waals surface area contributed by atoms with Crippen molar-refractivity contribution >= 4 is 27.5 Å². The van der Waals surface area contributed by atoms with E-state index in [-0.39, 0.29) is 0 Å². The molecule has 0 unspecified atom stereocenters. The lowest BCUT2D eigenvalue weighted by atomic mass is 10.1. The first-order valence-corrected chi connectivity index (χ1v) is 5.33. The van der Waals surface area contributed by atoms with Crippen LogP contribution >= 0.6 is 11.3 Å². The lowest BCUT2D eigenvalue weighted by molar-refractivity contribution is -0.415. The van der Waals surface area contributed by atoms with Crippen molar-refractivity contribution in [3.8, 4) is 6.07 Å². The monoisotopic (exact) mass is 230 g/mol. The zero-order chi connectivity index (χ0) is 11.5. The molecule has 4 nitrogen and oxygen atoms in total. The van der Waals surface area contributed by atoms with Crippen LogP contribution in [0.3, 0.4) is 0 Å². The largest absolute Gasteiger partial charge is 0.346 e. The number of fused-ring (bicyclic) bond motifs is 1. The molecule has 2 aromatic rings. The van der Waals surface area contributed by atoms with E-state index in [0.717, 1.165) is 10.1 Å². The van der Waals surface area contributed by atoms with E-state index in [4.69, 9.17) is 5.26 Å². The third kappa shape index (κ3) is 1.78. The van der Waals surface area contributed by atoms with Crippen LogP contribution in [-0.4, -0.2) is 4.92 Å². The van der Waals surface area contributed by atoms with Crippen LogP contribution in [0.4, 0.5) is 0 Å². The van der Waals surface area contributed by atoms with Gasteiger partial charge in [-0.15, -0.1) is 11.3 Å². The van der Waals surface area contributed by atoms with Crippen LogP contribution in [0.1, 0.15) is 5.56 Å². The Kier molecular flexibility index (Phi) is 2.66. The predicted molar refractivity (Wildman–Crippen MR) is 62.4 cm³/mol. The molecular weight excluding hydrogens is 224 g/mol. The maximum atomic E-state index is 10.5. The third-order valence-corrected chi connectivity index (χ3v) is 3.10. The van der Waals surface area contributed by atoms with E-state index in [9.17, 15) is 10.1 Å². The first-order valence-electron chi connectivity index (χ1n) is 4.45. The van der Waals surface area contributed by atoms with Gasteiger partial charge < -0.3 is 0 Å². The van der Waals surface area contributed by atoms with Gasteiger partial charge >= 0.3 is 5.70 Å². The summed E-state index contributed by atoms with van der Waals surface area (Å²) in [7, 11) is 0. The summed E-state index contributed by atoms with van der Waals surface area (Å²) < 4.78 is 1.05. The lowest BCUT2D eigenvalue weighted by Crippen LogP contribution is -1.94. The molecule has 5 heteroatoms. The summed E-state index contributed by atoms with van der Waals surface area (Å²) in [6.45, 7) is 0. The summed E-state index contributed by atoms with van der Waals surface area (Å²) in [5, 5.41) is 21.9. The Morgan fingerprint density at radius 2 is 2.25 bits per heavy atom. The van der Waals surface area contributed by atoms with Crippen LogP contribution in [0.25, 0.3) is 16.2 Å². The molecule has 0 radical (unpaired) electrons. The summed E-state index contributed by atoms with van der Waals surface area (Å²) in [5.41, 5.74) is 0.275. The minimum Gasteiger partial charge on any atom is -0.258 e. The van der Waals surface area contributed by atoms with E-state index < -0.39 is 10.6 Å². The molecule has 1 heterocycles. The van der Waals surface area contributed by atoms with E-state index in [1.807, 2.05) is 29.6 Å². The van der Waals surface area contributed by atoms with Gasteiger partial charge in [0.15, 0.2) is 6.07 Å². The summed E-state index contributed by atoms with van der Waals surface area (Å²) in [6, 6.07) is 9.17. The van der Waals surface area contributed by atoms with E-state index in [2.05, 4.69) is 0 Å². The van der Waals surface area contributed by atoms with Gasteiger partial charge in [-0.1, -0.05) is 18.2 Å². The second kappa shape index (κ2) is 4.13. The van der Waals surface area contributed by atoms with Gasteiger partial charge in [0.05, 0.1) is 4.92 Å². The molecule has 0 aliphatic heterocycles. The maximum absolute atomic E-state index is 10.5. The Bertz CT molecular complexity index is 622. The molecule has 1 aromatic heterocycles. The highest BCUT2D eigenvalue weighted by atomic mass is 32.1. The van der Waals surface area contributed by atoms with Crippen molar-refractivity contribution in [3.05, 3.63) is 51.0 Å². The number of nitrogens with zero attached hydrogens (tertiary/aromatic N) is 2. The van der Waals surface area contributed by atoms with Gasteiger partial charge in [-0.2, -0.15) is 5.26 Å². The van der Waals surface area contributed by atoms with Gasteiger partial charge in [-0.3, -0.25) is 10.1 Å². The van der Waals surface area contributed by atoms with Gasteiger partial charge in [-0.25, -0.2) is 0 Å². The number of nitro groups is 1. The molecule has 0 aliphatic rings. The highest BCUT2D eigenvalue weighted by molar-refractivity contribution is 7.17. The fourth-order valence-electron chi connectivity index (χ4n) is 1.38. The topological polar surface area (TPSA) is 66.9 Å². The van der Waals surface area contributed by atoms with E-state index in [1.165, 1.54) is 17.4 Å². The Morgan fingerprint density at radius 1 is 1.50 bits per heavy atom. The minimum atomic E-state index is -0.674. The second-order valence-electron chi connectivity index (χ2n) is 3.09. The molecule has 0 saturated carbocycles. The molecular formula is C11H6N2O2S. The Morgan fingerprint density at radius 3 is 2.94 bits per heavy atom. The normalized spacial score (nSPS) is 11.3. The summed E-state index contributed by atoms with van der Waals surface area (Å²) in [5.74, 6) is 0. The van der Waals surface area contributed by atoms with Crippen molar-refractivity contribution in [2.45, 2.75) is 0 Å². The molecule has 1 aromatic carbocycles. The zero-order valence-electron chi connectivity index (χ0n) is 8.08. The lowest BCUT2D eigenvalue weighted by Gasteiger charge is -1.90. The number of rotatable bonds is 2. The van der Waals surface area contributed by atoms with Crippen molar-refractivity contribution in [2.24, 2.45) is 0 Å². The standard InChI is InChI=1S/C11H6N2O2S/c12-6-9(13(14)15)5-8-7-16-11-4-2-1-3-10(8)11/h1-5,7H/b9-5+.